The number of likely N-dealkylation sites (N-methyl/N-ethyl adjacent to an activating group) is 1. The first-order chi connectivity index (χ1) is 15.4. The fourth-order valence-electron chi connectivity index (χ4n) is 3.74. The van der Waals surface area contributed by atoms with Crippen LogP contribution in [0, 0.1) is 13.8 Å². The van der Waals surface area contributed by atoms with E-state index in [-0.39, 0.29) is 18.4 Å². The average molecular weight is 444 g/mol. The molecule has 0 bridgehead atoms. The van der Waals surface area contributed by atoms with Crippen LogP contribution in [0.2, 0.25) is 0 Å². The van der Waals surface area contributed by atoms with E-state index in [1.54, 1.807) is 19.9 Å². The van der Waals surface area contributed by atoms with Gasteiger partial charge in [-0.2, -0.15) is 0 Å². The Morgan fingerprint density at radius 2 is 1.94 bits per heavy atom. The molecule has 1 aliphatic heterocycles. The number of carbonyl (C=O) groups excluding carboxylic acids is 2. The molecule has 0 spiro atoms. The Balaban J connectivity index is 1.38. The van der Waals surface area contributed by atoms with Crippen LogP contribution in [-0.2, 0) is 16.1 Å². The minimum atomic E-state index is -0.324. The third-order valence-corrected chi connectivity index (χ3v) is 5.61. The third-order valence-electron chi connectivity index (χ3n) is 5.61. The highest BCUT2D eigenvalue weighted by atomic mass is 16.5. The number of hydrogen-bond acceptors (Lipinski definition) is 6. The van der Waals surface area contributed by atoms with Crippen LogP contribution in [-0.4, -0.2) is 62.7 Å². The Morgan fingerprint density at radius 3 is 2.66 bits per heavy atom. The molecule has 2 heterocycles. The normalized spacial score (nSPS) is 14.4. The summed E-state index contributed by atoms with van der Waals surface area (Å²) in [5, 5.41) is 5.44. The van der Waals surface area contributed by atoms with Gasteiger partial charge in [-0.1, -0.05) is 12.1 Å². The van der Waals surface area contributed by atoms with Gasteiger partial charge in [-0.05, 0) is 57.5 Å². The van der Waals surface area contributed by atoms with Crippen LogP contribution in [0.15, 0.2) is 34.7 Å². The van der Waals surface area contributed by atoms with Crippen LogP contribution in [0.25, 0.3) is 0 Å². The second-order valence-corrected chi connectivity index (χ2v) is 8.11. The zero-order chi connectivity index (χ0) is 22.9. The van der Waals surface area contributed by atoms with Crippen molar-refractivity contribution in [3.05, 3.63) is 53.0 Å². The molecular formula is C24H33N3O5. The molecule has 8 heteroatoms. The van der Waals surface area contributed by atoms with Crippen molar-refractivity contribution in [3.63, 3.8) is 0 Å². The smallest absolute Gasteiger partial charge is 0.255 e. The van der Waals surface area contributed by atoms with Gasteiger partial charge in [-0.25, -0.2) is 0 Å². The largest absolute Gasteiger partial charge is 0.492 e. The van der Waals surface area contributed by atoms with E-state index in [4.69, 9.17) is 13.9 Å². The molecule has 2 amide bonds. The van der Waals surface area contributed by atoms with E-state index in [1.807, 2.05) is 24.3 Å². The van der Waals surface area contributed by atoms with Gasteiger partial charge < -0.3 is 24.5 Å². The van der Waals surface area contributed by atoms with Crippen molar-refractivity contribution >= 4 is 11.8 Å². The lowest BCUT2D eigenvalue weighted by molar-refractivity contribution is -0.120. The molecule has 1 aromatic carbocycles. The monoisotopic (exact) mass is 443 g/mol. The van der Waals surface area contributed by atoms with E-state index in [0.717, 1.165) is 43.9 Å². The second-order valence-electron chi connectivity index (χ2n) is 8.11. The van der Waals surface area contributed by atoms with Crippen molar-refractivity contribution in [2.24, 2.45) is 0 Å². The van der Waals surface area contributed by atoms with Gasteiger partial charge in [-0.3, -0.25) is 14.5 Å². The lowest BCUT2D eigenvalue weighted by atomic mass is 10.1. The van der Waals surface area contributed by atoms with Gasteiger partial charge in [0.15, 0.2) is 0 Å². The molecule has 1 saturated heterocycles. The molecule has 2 N–H and O–H groups in total. The second kappa shape index (κ2) is 11.7. The van der Waals surface area contributed by atoms with Crippen LogP contribution < -0.4 is 15.4 Å². The van der Waals surface area contributed by atoms with Gasteiger partial charge in [0, 0.05) is 32.3 Å². The van der Waals surface area contributed by atoms with Gasteiger partial charge in [0.1, 0.15) is 23.9 Å². The zero-order valence-electron chi connectivity index (χ0n) is 19.1. The Morgan fingerprint density at radius 1 is 1.16 bits per heavy atom. The minimum Gasteiger partial charge on any atom is -0.492 e. The van der Waals surface area contributed by atoms with E-state index in [1.165, 1.54) is 0 Å². The summed E-state index contributed by atoms with van der Waals surface area (Å²) in [4.78, 5) is 26.6. The quantitative estimate of drug-likeness (QED) is 0.586. The fraction of sp³-hybridized carbons (Fsp3) is 0.500. The SMILES string of the molecule is Cc1cc(C(=O)NCC(=O)NCc2cccc(OCCN(C)C3CCOCC3)c2)c(C)o1. The van der Waals surface area contributed by atoms with Crippen molar-refractivity contribution in [2.75, 3.05) is 40.0 Å². The van der Waals surface area contributed by atoms with Crippen LogP contribution in [0.5, 0.6) is 5.75 Å². The number of rotatable bonds is 10. The molecule has 1 aromatic heterocycles. The van der Waals surface area contributed by atoms with Crippen molar-refractivity contribution in [1.82, 2.24) is 15.5 Å². The van der Waals surface area contributed by atoms with Gasteiger partial charge in [0.25, 0.3) is 5.91 Å². The molecule has 2 aromatic rings. The summed E-state index contributed by atoms with van der Waals surface area (Å²) < 4.78 is 16.7. The standard InChI is InChI=1S/C24H33N3O5/c1-17-13-22(18(2)32-17)24(29)26-16-23(28)25-15-19-5-4-6-21(14-19)31-12-9-27(3)20-7-10-30-11-8-20/h4-6,13-14,20H,7-12,15-16H2,1-3H3,(H,25,28)(H,26,29). The molecule has 32 heavy (non-hydrogen) atoms. The first-order valence-electron chi connectivity index (χ1n) is 11.0. The molecule has 1 fully saturated rings. The van der Waals surface area contributed by atoms with E-state index in [2.05, 4.69) is 22.6 Å². The average Bonchev–Trinajstić information content (AvgIpc) is 3.14. The lowest BCUT2D eigenvalue weighted by Gasteiger charge is -2.31. The van der Waals surface area contributed by atoms with Crippen molar-refractivity contribution in [3.8, 4) is 5.75 Å². The number of ether oxygens (including phenoxy) is 2. The van der Waals surface area contributed by atoms with Gasteiger partial charge in [0.2, 0.25) is 5.91 Å². The molecule has 3 rings (SSSR count). The topological polar surface area (TPSA) is 93.0 Å². The minimum absolute atomic E-state index is 0.1000. The summed E-state index contributed by atoms with van der Waals surface area (Å²) in [5.74, 6) is 1.39. The van der Waals surface area contributed by atoms with Crippen LogP contribution in [0.3, 0.4) is 0 Å². The summed E-state index contributed by atoms with van der Waals surface area (Å²) in [7, 11) is 2.12. The Bertz CT molecular complexity index is 905. The number of aryl methyl sites for hydroxylation is 2. The van der Waals surface area contributed by atoms with Gasteiger partial charge in [-0.15, -0.1) is 0 Å². The maximum Gasteiger partial charge on any atom is 0.255 e. The highest BCUT2D eigenvalue weighted by molar-refractivity contribution is 5.97. The van der Waals surface area contributed by atoms with Crippen molar-refractivity contribution < 1.29 is 23.5 Å². The highest BCUT2D eigenvalue weighted by Gasteiger charge is 2.18. The van der Waals surface area contributed by atoms with Gasteiger partial charge in [0.05, 0.1) is 12.1 Å². The first kappa shape index (κ1) is 23.8. The van der Waals surface area contributed by atoms with Gasteiger partial charge >= 0.3 is 0 Å². The maximum atomic E-state index is 12.2. The molecule has 8 nitrogen and oxygen atoms in total. The summed E-state index contributed by atoms with van der Waals surface area (Å²) in [5.41, 5.74) is 1.38. The molecule has 0 unspecified atom stereocenters. The van der Waals surface area contributed by atoms with Crippen molar-refractivity contribution in [1.29, 1.82) is 0 Å². The summed E-state index contributed by atoms with van der Waals surface area (Å²) in [6.07, 6.45) is 2.13. The van der Waals surface area contributed by atoms with E-state index >= 15 is 0 Å². The lowest BCUT2D eigenvalue weighted by Crippen LogP contribution is -2.38. The third kappa shape index (κ3) is 7.10. The van der Waals surface area contributed by atoms with Crippen LogP contribution in [0.4, 0.5) is 0 Å². The summed E-state index contributed by atoms with van der Waals surface area (Å²) in [6.45, 7) is 6.86. The van der Waals surface area contributed by atoms with Crippen molar-refractivity contribution in [2.45, 2.75) is 39.3 Å². The van der Waals surface area contributed by atoms with Crippen LogP contribution in [0.1, 0.15) is 40.3 Å². The molecule has 0 atom stereocenters. The van der Waals surface area contributed by atoms with E-state index in [0.29, 0.717) is 36.3 Å². The molecule has 0 radical (unpaired) electrons. The van der Waals surface area contributed by atoms with E-state index in [9.17, 15) is 9.59 Å². The Hall–Kier alpha value is -2.84. The predicted molar refractivity (Wildman–Crippen MR) is 121 cm³/mol. The Kier molecular flexibility index (Phi) is 8.70. The van der Waals surface area contributed by atoms with E-state index < -0.39 is 0 Å². The number of nitrogens with zero attached hydrogens (tertiary/aromatic N) is 1. The number of carbonyl (C=O) groups is 2. The molecule has 1 aliphatic rings. The number of hydrogen-bond donors (Lipinski definition) is 2. The summed E-state index contributed by atoms with van der Waals surface area (Å²) >= 11 is 0. The number of furan rings is 1. The molecule has 174 valence electrons. The molecular weight excluding hydrogens is 410 g/mol. The predicted octanol–water partition coefficient (Wildman–Crippen LogP) is 2.43. The summed E-state index contributed by atoms with van der Waals surface area (Å²) in [6, 6.07) is 9.88. The highest BCUT2D eigenvalue weighted by Crippen LogP contribution is 2.15. The maximum absolute atomic E-state index is 12.2. The number of benzene rings is 1. The zero-order valence-corrected chi connectivity index (χ0v) is 19.1. The van der Waals surface area contributed by atoms with Crippen LogP contribution >= 0.6 is 0 Å². The molecule has 0 aliphatic carbocycles. The first-order valence-corrected chi connectivity index (χ1v) is 11.0. The fourth-order valence-corrected chi connectivity index (χ4v) is 3.74. The Labute approximate surface area is 189 Å². The molecule has 0 saturated carbocycles. The number of amides is 2. The number of nitrogens with one attached hydrogen (secondary N) is 2.